The third kappa shape index (κ3) is 3.61. The summed E-state index contributed by atoms with van der Waals surface area (Å²) in [6, 6.07) is 0.123. The SMILES string of the molecule is COC[C@@H](C)NC=O. The maximum atomic E-state index is 9.72. The minimum absolute atomic E-state index is 0.123. The highest BCUT2D eigenvalue weighted by molar-refractivity contribution is 5.46. The summed E-state index contributed by atoms with van der Waals surface area (Å²) in [4.78, 5) is 9.72. The van der Waals surface area contributed by atoms with Crippen molar-refractivity contribution >= 4 is 6.41 Å². The van der Waals surface area contributed by atoms with Gasteiger partial charge in [0.05, 0.1) is 6.61 Å². The Kier molecular flexibility index (Phi) is 4.26. The predicted octanol–water partition coefficient (Wildman–Crippen LogP) is -0.233. The lowest BCUT2D eigenvalue weighted by molar-refractivity contribution is -0.110. The molecule has 0 aromatic heterocycles. The van der Waals surface area contributed by atoms with Gasteiger partial charge in [0.15, 0.2) is 0 Å². The quantitative estimate of drug-likeness (QED) is 0.516. The first-order chi connectivity index (χ1) is 3.81. The van der Waals surface area contributed by atoms with Crippen LogP contribution >= 0.6 is 0 Å². The fraction of sp³-hybridized carbons (Fsp3) is 0.800. The van der Waals surface area contributed by atoms with Gasteiger partial charge in [0.25, 0.3) is 0 Å². The average molecular weight is 117 g/mol. The summed E-state index contributed by atoms with van der Waals surface area (Å²) in [6.07, 6.45) is 0.670. The van der Waals surface area contributed by atoms with Crippen LogP contribution in [0, 0.1) is 0 Å². The fourth-order valence-electron chi connectivity index (χ4n) is 0.414. The number of methoxy groups -OCH3 is 1. The Morgan fingerprint density at radius 3 is 2.88 bits per heavy atom. The number of rotatable bonds is 4. The van der Waals surface area contributed by atoms with Gasteiger partial charge in [0, 0.05) is 13.2 Å². The maximum absolute atomic E-state index is 9.72. The molecule has 0 aliphatic heterocycles. The molecule has 48 valence electrons. The van der Waals surface area contributed by atoms with Crippen molar-refractivity contribution in [3.05, 3.63) is 0 Å². The van der Waals surface area contributed by atoms with Gasteiger partial charge in [-0.25, -0.2) is 0 Å². The van der Waals surface area contributed by atoms with Crippen LogP contribution in [0.1, 0.15) is 6.92 Å². The van der Waals surface area contributed by atoms with Crippen molar-refractivity contribution in [2.75, 3.05) is 13.7 Å². The van der Waals surface area contributed by atoms with E-state index in [1.54, 1.807) is 7.11 Å². The lowest BCUT2D eigenvalue weighted by Gasteiger charge is -2.06. The molecule has 0 bridgehead atoms. The second-order valence-corrected chi connectivity index (χ2v) is 1.64. The van der Waals surface area contributed by atoms with Crippen molar-refractivity contribution in [3.63, 3.8) is 0 Å². The van der Waals surface area contributed by atoms with Crippen LogP contribution in [-0.2, 0) is 9.53 Å². The summed E-state index contributed by atoms with van der Waals surface area (Å²) < 4.78 is 4.73. The van der Waals surface area contributed by atoms with E-state index in [1.807, 2.05) is 6.92 Å². The van der Waals surface area contributed by atoms with E-state index >= 15 is 0 Å². The van der Waals surface area contributed by atoms with Gasteiger partial charge < -0.3 is 10.1 Å². The molecule has 0 aromatic carbocycles. The van der Waals surface area contributed by atoms with Crippen LogP contribution in [0.5, 0.6) is 0 Å². The second kappa shape index (κ2) is 4.59. The Balaban J connectivity index is 3.03. The molecule has 0 aromatic rings. The molecular formula is C5H11NO2. The van der Waals surface area contributed by atoms with Crippen molar-refractivity contribution in [2.24, 2.45) is 0 Å². The number of ether oxygens (including phenoxy) is 1. The summed E-state index contributed by atoms with van der Waals surface area (Å²) in [5, 5.41) is 2.54. The van der Waals surface area contributed by atoms with Crippen LogP contribution in [-0.4, -0.2) is 26.2 Å². The molecule has 0 saturated carbocycles. The summed E-state index contributed by atoms with van der Waals surface area (Å²) in [5.41, 5.74) is 0. The molecule has 3 nitrogen and oxygen atoms in total. The minimum atomic E-state index is 0.123. The number of amides is 1. The van der Waals surface area contributed by atoms with E-state index < -0.39 is 0 Å². The highest BCUT2D eigenvalue weighted by Crippen LogP contribution is 1.77. The molecule has 0 heterocycles. The van der Waals surface area contributed by atoms with E-state index in [0.717, 1.165) is 0 Å². The lowest BCUT2D eigenvalue weighted by Crippen LogP contribution is -2.28. The van der Waals surface area contributed by atoms with Crippen LogP contribution in [0.3, 0.4) is 0 Å². The predicted molar refractivity (Wildman–Crippen MR) is 30.5 cm³/mol. The van der Waals surface area contributed by atoms with Crippen molar-refractivity contribution in [1.29, 1.82) is 0 Å². The first-order valence-electron chi connectivity index (χ1n) is 2.50. The van der Waals surface area contributed by atoms with Crippen LogP contribution < -0.4 is 5.32 Å². The molecule has 0 spiro atoms. The summed E-state index contributed by atoms with van der Waals surface area (Å²) in [6.45, 7) is 2.44. The van der Waals surface area contributed by atoms with Crippen LogP contribution in [0.15, 0.2) is 0 Å². The largest absolute Gasteiger partial charge is 0.383 e. The molecule has 8 heavy (non-hydrogen) atoms. The molecular weight excluding hydrogens is 106 g/mol. The molecule has 1 N–H and O–H groups in total. The van der Waals surface area contributed by atoms with E-state index in [0.29, 0.717) is 13.0 Å². The lowest BCUT2D eigenvalue weighted by atomic mass is 10.4. The van der Waals surface area contributed by atoms with Gasteiger partial charge in [-0.2, -0.15) is 0 Å². The summed E-state index contributed by atoms with van der Waals surface area (Å²) in [7, 11) is 1.60. The average Bonchev–Trinajstić information content (AvgIpc) is 1.68. The smallest absolute Gasteiger partial charge is 0.207 e. The fourth-order valence-corrected chi connectivity index (χ4v) is 0.414. The molecule has 0 aliphatic rings. The molecule has 0 aliphatic carbocycles. The van der Waals surface area contributed by atoms with Gasteiger partial charge in [-0.1, -0.05) is 0 Å². The first-order valence-corrected chi connectivity index (χ1v) is 2.50. The van der Waals surface area contributed by atoms with Crippen molar-refractivity contribution in [2.45, 2.75) is 13.0 Å². The van der Waals surface area contributed by atoms with E-state index in [-0.39, 0.29) is 6.04 Å². The highest BCUT2D eigenvalue weighted by atomic mass is 16.5. The Labute approximate surface area is 49.0 Å². The van der Waals surface area contributed by atoms with E-state index in [9.17, 15) is 4.79 Å². The first kappa shape index (κ1) is 7.43. The second-order valence-electron chi connectivity index (χ2n) is 1.64. The highest BCUT2D eigenvalue weighted by Gasteiger charge is 1.94. The zero-order chi connectivity index (χ0) is 6.41. The molecule has 0 radical (unpaired) electrons. The van der Waals surface area contributed by atoms with Crippen molar-refractivity contribution in [3.8, 4) is 0 Å². The normalized spacial score (nSPS) is 12.8. The van der Waals surface area contributed by atoms with Gasteiger partial charge in [0.1, 0.15) is 0 Å². The molecule has 0 fully saturated rings. The Morgan fingerprint density at radius 1 is 1.88 bits per heavy atom. The number of hydrogen-bond acceptors (Lipinski definition) is 2. The molecule has 0 unspecified atom stereocenters. The monoisotopic (exact) mass is 117 g/mol. The Hall–Kier alpha value is -0.570. The number of carbonyl (C=O) groups excluding carboxylic acids is 1. The topological polar surface area (TPSA) is 38.3 Å². The van der Waals surface area contributed by atoms with Crippen LogP contribution in [0.25, 0.3) is 0 Å². The molecule has 1 atom stereocenters. The van der Waals surface area contributed by atoms with Gasteiger partial charge >= 0.3 is 0 Å². The van der Waals surface area contributed by atoms with Crippen molar-refractivity contribution in [1.82, 2.24) is 5.32 Å². The van der Waals surface area contributed by atoms with Crippen LogP contribution in [0.2, 0.25) is 0 Å². The molecule has 3 heteroatoms. The number of nitrogens with one attached hydrogen (secondary N) is 1. The van der Waals surface area contributed by atoms with Gasteiger partial charge in [-0.05, 0) is 6.92 Å². The summed E-state index contributed by atoms with van der Waals surface area (Å²) in [5.74, 6) is 0. The van der Waals surface area contributed by atoms with E-state index in [4.69, 9.17) is 4.74 Å². The van der Waals surface area contributed by atoms with E-state index in [2.05, 4.69) is 5.32 Å². The van der Waals surface area contributed by atoms with Crippen molar-refractivity contribution < 1.29 is 9.53 Å². The van der Waals surface area contributed by atoms with E-state index in [1.165, 1.54) is 0 Å². The minimum Gasteiger partial charge on any atom is -0.383 e. The number of carbonyl (C=O) groups is 1. The zero-order valence-electron chi connectivity index (χ0n) is 5.18. The van der Waals surface area contributed by atoms with Crippen LogP contribution in [0.4, 0.5) is 0 Å². The Bertz CT molecular complexity index is 65.4. The summed E-state index contributed by atoms with van der Waals surface area (Å²) >= 11 is 0. The van der Waals surface area contributed by atoms with Gasteiger partial charge in [-0.3, -0.25) is 4.79 Å². The molecule has 1 amide bonds. The third-order valence-electron chi connectivity index (χ3n) is 0.769. The Morgan fingerprint density at radius 2 is 2.50 bits per heavy atom. The molecule has 0 saturated heterocycles. The maximum Gasteiger partial charge on any atom is 0.207 e. The number of hydrogen-bond donors (Lipinski definition) is 1. The standard InChI is InChI=1S/C5H11NO2/c1-5(3-8-2)6-4-7/h4-5H,3H2,1-2H3,(H,6,7)/t5-/m1/s1. The van der Waals surface area contributed by atoms with Gasteiger partial charge in [-0.15, -0.1) is 0 Å². The molecule has 0 rings (SSSR count). The van der Waals surface area contributed by atoms with Gasteiger partial charge in [0.2, 0.25) is 6.41 Å². The zero-order valence-corrected chi connectivity index (χ0v) is 5.18. The third-order valence-corrected chi connectivity index (χ3v) is 0.769.